The highest BCUT2D eigenvalue weighted by Crippen LogP contribution is 2.19. The molecule has 0 aliphatic carbocycles. The molecule has 2 N–H and O–H groups in total. The number of rotatable bonds is 6. The van der Waals surface area contributed by atoms with Crippen molar-refractivity contribution in [1.82, 2.24) is 20.2 Å². The molecule has 2 heterocycles. The monoisotopic (exact) mass is 356 g/mol. The summed E-state index contributed by atoms with van der Waals surface area (Å²) in [6, 6.07) is 8.26. The van der Waals surface area contributed by atoms with Gasteiger partial charge in [-0.25, -0.2) is 4.98 Å². The molecule has 8 nitrogen and oxygen atoms in total. The van der Waals surface area contributed by atoms with Crippen LogP contribution in [0, 0.1) is 0 Å². The Morgan fingerprint density at radius 1 is 1.35 bits per heavy atom. The van der Waals surface area contributed by atoms with Gasteiger partial charge in [0.25, 0.3) is 5.56 Å². The zero-order valence-electron chi connectivity index (χ0n) is 14.4. The van der Waals surface area contributed by atoms with E-state index >= 15 is 0 Å². The first-order valence-corrected chi connectivity index (χ1v) is 8.35. The van der Waals surface area contributed by atoms with Crippen molar-refractivity contribution in [3.63, 3.8) is 0 Å². The zero-order chi connectivity index (χ0) is 18.5. The minimum atomic E-state index is -0.477. The molecule has 1 aromatic heterocycles. The van der Waals surface area contributed by atoms with Crippen LogP contribution in [0.4, 0.5) is 0 Å². The summed E-state index contributed by atoms with van der Waals surface area (Å²) in [6.07, 6.45) is 2.34. The maximum atomic E-state index is 12.2. The Morgan fingerprint density at radius 3 is 2.73 bits per heavy atom. The van der Waals surface area contributed by atoms with Crippen molar-refractivity contribution in [1.29, 1.82) is 0 Å². The molecular weight excluding hydrogens is 336 g/mol. The lowest BCUT2D eigenvalue weighted by atomic mass is 10.1. The van der Waals surface area contributed by atoms with E-state index in [1.165, 1.54) is 17.0 Å². The van der Waals surface area contributed by atoms with Crippen LogP contribution >= 0.6 is 0 Å². The molecule has 1 fully saturated rings. The highest BCUT2D eigenvalue weighted by atomic mass is 16.5. The second-order valence-electron chi connectivity index (χ2n) is 5.98. The van der Waals surface area contributed by atoms with Gasteiger partial charge in [0, 0.05) is 31.1 Å². The van der Waals surface area contributed by atoms with Gasteiger partial charge in [-0.3, -0.25) is 19.0 Å². The summed E-state index contributed by atoms with van der Waals surface area (Å²) in [5.74, 6) is 0.391. The summed E-state index contributed by atoms with van der Waals surface area (Å²) in [4.78, 5) is 39.6. The molecule has 0 bridgehead atoms. The van der Waals surface area contributed by atoms with Crippen LogP contribution in [-0.4, -0.2) is 41.1 Å². The van der Waals surface area contributed by atoms with Crippen molar-refractivity contribution < 1.29 is 14.3 Å². The van der Waals surface area contributed by atoms with E-state index in [-0.39, 0.29) is 23.9 Å². The van der Waals surface area contributed by atoms with E-state index in [0.717, 1.165) is 11.3 Å². The van der Waals surface area contributed by atoms with E-state index in [9.17, 15) is 14.4 Å². The molecule has 26 heavy (non-hydrogen) atoms. The number of amides is 2. The SMILES string of the molecule is COc1ccc(-c2cc(=O)n(CCNC(=O)C3CCC(=O)N3)cn2)cc1. The standard InChI is InChI=1S/C18H20N4O4/c1-26-13-4-2-12(3-5-13)15-10-17(24)22(11-20-15)9-8-19-18(25)14-6-7-16(23)21-14/h2-5,10-11,14H,6-9H2,1H3,(H,19,25)(H,21,23). The van der Waals surface area contributed by atoms with Crippen molar-refractivity contribution >= 4 is 11.8 Å². The molecule has 0 spiro atoms. The molecule has 0 radical (unpaired) electrons. The molecule has 1 aliphatic rings. The van der Waals surface area contributed by atoms with Crippen LogP contribution in [0.1, 0.15) is 12.8 Å². The van der Waals surface area contributed by atoms with E-state index in [1.54, 1.807) is 19.2 Å². The van der Waals surface area contributed by atoms with Gasteiger partial charge < -0.3 is 15.4 Å². The molecule has 136 valence electrons. The first-order chi connectivity index (χ1) is 12.6. The van der Waals surface area contributed by atoms with Gasteiger partial charge >= 0.3 is 0 Å². The molecule has 1 aliphatic heterocycles. The van der Waals surface area contributed by atoms with Crippen LogP contribution in [0.3, 0.4) is 0 Å². The molecule has 0 saturated carbocycles. The third-order valence-electron chi connectivity index (χ3n) is 4.23. The van der Waals surface area contributed by atoms with Crippen LogP contribution in [0.2, 0.25) is 0 Å². The third-order valence-corrected chi connectivity index (χ3v) is 4.23. The topological polar surface area (TPSA) is 102 Å². The van der Waals surface area contributed by atoms with Crippen LogP contribution in [0.15, 0.2) is 41.5 Å². The normalized spacial score (nSPS) is 16.2. The number of aromatic nitrogens is 2. The number of benzene rings is 1. The molecule has 1 saturated heterocycles. The predicted octanol–water partition coefficient (Wildman–Crippen LogP) is 0.314. The molecule has 2 amide bonds. The Balaban J connectivity index is 1.58. The van der Waals surface area contributed by atoms with E-state index in [2.05, 4.69) is 15.6 Å². The first-order valence-electron chi connectivity index (χ1n) is 8.35. The average molecular weight is 356 g/mol. The number of nitrogens with zero attached hydrogens (tertiary/aromatic N) is 2. The van der Waals surface area contributed by atoms with E-state index < -0.39 is 6.04 Å². The van der Waals surface area contributed by atoms with Gasteiger partial charge in [0.15, 0.2) is 0 Å². The quantitative estimate of drug-likeness (QED) is 0.776. The van der Waals surface area contributed by atoms with Gasteiger partial charge in [0.1, 0.15) is 11.8 Å². The number of carbonyl (C=O) groups is 2. The summed E-state index contributed by atoms with van der Waals surface area (Å²) in [5, 5.41) is 5.33. The highest BCUT2D eigenvalue weighted by Gasteiger charge is 2.26. The Kier molecular flexibility index (Phi) is 5.31. The molecule has 8 heteroatoms. The predicted molar refractivity (Wildman–Crippen MR) is 94.7 cm³/mol. The maximum Gasteiger partial charge on any atom is 0.253 e. The summed E-state index contributed by atoms with van der Waals surface area (Å²) >= 11 is 0. The van der Waals surface area contributed by atoms with E-state index in [0.29, 0.717) is 25.1 Å². The molecule has 1 aromatic carbocycles. The van der Waals surface area contributed by atoms with Crippen LogP contribution < -0.4 is 20.9 Å². The number of hydrogen-bond acceptors (Lipinski definition) is 5. The lowest BCUT2D eigenvalue weighted by Gasteiger charge is -2.12. The van der Waals surface area contributed by atoms with E-state index in [1.807, 2.05) is 12.1 Å². The fourth-order valence-electron chi connectivity index (χ4n) is 2.75. The van der Waals surface area contributed by atoms with Gasteiger partial charge in [-0.05, 0) is 30.7 Å². The number of hydrogen-bond donors (Lipinski definition) is 2. The fraction of sp³-hybridized carbons (Fsp3) is 0.333. The van der Waals surface area contributed by atoms with Crippen LogP contribution in [-0.2, 0) is 16.1 Å². The smallest absolute Gasteiger partial charge is 0.253 e. The van der Waals surface area contributed by atoms with Crippen molar-refractivity contribution in [2.45, 2.75) is 25.4 Å². The van der Waals surface area contributed by atoms with Gasteiger partial charge in [-0.1, -0.05) is 0 Å². The number of ether oxygens (including phenoxy) is 1. The summed E-state index contributed by atoms with van der Waals surface area (Å²) < 4.78 is 6.54. The Labute approximate surface area is 150 Å². The van der Waals surface area contributed by atoms with Gasteiger partial charge in [-0.2, -0.15) is 0 Å². The van der Waals surface area contributed by atoms with Crippen LogP contribution in [0.5, 0.6) is 5.75 Å². The molecule has 2 aromatic rings. The van der Waals surface area contributed by atoms with Crippen molar-refractivity contribution in [2.75, 3.05) is 13.7 Å². The maximum absolute atomic E-state index is 12.2. The number of carbonyl (C=O) groups excluding carboxylic acids is 2. The molecular formula is C18H20N4O4. The van der Waals surface area contributed by atoms with Crippen LogP contribution in [0.25, 0.3) is 11.3 Å². The minimum Gasteiger partial charge on any atom is -0.497 e. The molecule has 1 atom stereocenters. The zero-order valence-corrected chi connectivity index (χ0v) is 14.4. The third kappa shape index (κ3) is 4.08. The Morgan fingerprint density at radius 2 is 2.12 bits per heavy atom. The average Bonchev–Trinajstić information content (AvgIpc) is 3.09. The largest absolute Gasteiger partial charge is 0.497 e. The second-order valence-corrected chi connectivity index (χ2v) is 5.98. The summed E-state index contributed by atoms with van der Waals surface area (Å²) in [7, 11) is 1.59. The fourth-order valence-corrected chi connectivity index (χ4v) is 2.75. The lowest BCUT2D eigenvalue weighted by Crippen LogP contribution is -2.43. The lowest BCUT2D eigenvalue weighted by molar-refractivity contribution is -0.125. The van der Waals surface area contributed by atoms with Gasteiger partial charge in [0.05, 0.1) is 19.1 Å². The Hall–Kier alpha value is -3.16. The Bertz CT molecular complexity index is 860. The van der Waals surface area contributed by atoms with Crippen molar-refractivity contribution in [3.8, 4) is 17.0 Å². The minimum absolute atomic E-state index is 0.111. The molecule has 1 unspecified atom stereocenters. The number of nitrogens with one attached hydrogen (secondary N) is 2. The van der Waals surface area contributed by atoms with Crippen molar-refractivity contribution in [3.05, 3.63) is 47.0 Å². The highest BCUT2D eigenvalue weighted by molar-refractivity contribution is 5.90. The van der Waals surface area contributed by atoms with Gasteiger partial charge in [-0.15, -0.1) is 0 Å². The van der Waals surface area contributed by atoms with Gasteiger partial charge in [0.2, 0.25) is 11.8 Å². The summed E-state index contributed by atoms with van der Waals surface area (Å²) in [6.45, 7) is 0.593. The van der Waals surface area contributed by atoms with E-state index in [4.69, 9.17) is 4.74 Å². The number of methoxy groups -OCH3 is 1. The first kappa shape index (κ1) is 17.7. The summed E-state index contributed by atoms with van der Waals surface area (Å²) in [5.41, 5.74) is 1.20. The van der Waals surface area contributed by atoms with Crippen molar-refractivity contribution in [2.24, 2.45) is 0 Å². The molecule has 3 rings (SSSR count). The second kappa shape index (κ2) is 7.81.